The van der Waals surface area contributed by atoms with Crippen molar-refractivity contribution in [1.82, 2.24) is 4.90 Å². The standard InChI is InChI=1S/C12H15Cl2NO/c1-3-4-5-15(2)12(16)9-6-10(13)8-11(14)7-9/h6-8H,3-5H2,1-2H3. The predicted molar refractivity (Wildman–Crippen MR) is 68.3 cm³/mol. The number of benzene rings is 1. The maximum Gasteiger partial charge on any atom is 0.253 e. The molecule has 0 unspecified atom stereocenters. The van der Waals surface area contributed by atoms with E-state index < -0.39 is 0 Å². The quantitative estimate of drug-likeness (QED) is 0.804. The van der Waals surface area contributed by atoms with Crippen LogP contribution in [0, 0.1) is 0 Å². The first kappa shape index (κ1) is 13.3. The summed E-state index contributed by atoms with van der Waals surface area (Å²) < 4.78 is 0. The minimum absolute atomic E-state index is 0.0437. The van der Waals surface area contributed by atoms with Gasteiger partial charge in [0.2, 0.25) is 0 Å². The Morgan fingerprint density at radius 2 is 1.81 bits per heavy atom. The Morgan fingerprint density at radius 3 is 2.31 bits per heavy atom. The van der Waals surface area contributed by atoms with E-state index in [-0.39, 0.29) is 5.91 Å². The molecule has 0 N–H and O–H groups in total. The molecule has 0 spiro atoms. The van der Waals surface area contributed by atoms with Crippen molar-refractivity contribution in [2.75, 3.05) is 13.6 Å². The Balaban J connectivity index is 2.79. The highest BCUT2D eigenvalue weighted by Gasteiger charge is 2.12. The van der Waals surface area contributed by atoms with Crippen molar-refractivity contribution in [3.63, 3.8) is 0 Å². The van der Waals surface area contributed by atoms with Gasteiger partial charge in [0.05, 0.1) is 0 Å². The van der Waals surface area contributed by atoms with E-state index in [4.69, 9.17) is 23.2 Å². The fourth-order valence-electron chi connectivity index (χ4n) is 1.39. The number of hydrogen-bond acceptors (Lipinski definition) is 1. The minimum Gasteiger partial charge on any atom is -0.342 e. The summed E-state index contributed by atoms with van der Waals surface area (Å²) in [5.41, 5.74) is 0.538. The van der Waals surface area contributed by atoms with Crippen LogP contribution in [-0.4, -0.2) is 24.4 Å². The predicted octanol–water partition coefficient (Wildman–Crippen LogP) is 3.87. The number of rotatable bonds is 4. The summed E-state index contributed by atoms with van der Waals surface area (Å²) in [4.78, 5) is 13.6. The van der Waals surface area contributed by atoms with Gasteiger partial charge in [0.15, 0.2) is 0 Å². The fourth-order valence-corrected chi connectivity index (χ4v) is 1.92. The molecule has 0 saturated heterocycles. The second-order valence-corrected chi connectivity index (χ2v) is 4.61. The lowest BCUT2D eigenvalue weighted by atomic mass is 10.2. The monoisotopic (exact) mass is 259 g/mol. The number of unbranched alkanes of at least 4 members (excludes halogenated alkanes) is 1. The van der Waals surface area contributed by atoms with Crippen molar-refractivity contribution in [1.29, 1.82) is 0 Å². The number of amides is 1. The van der Waals surface area contributed by atoms with Crippen LogP contribution in [0.4, 0.5) is 0 Å². The normalized spacial score (nSPS) is 10.2. The van der Waals surface area contributed by atoms with Gasteiger partial charge < -0.3 is 4.90 Å². The maximum absolute atomic E-state index is 12.0. The summed E-state index contributed by atoms with van der Waals surface area (Å²) in [5.74, 6) is -0.0437. The highest BCUT2D eigenvalue weighted by atomic mass is 35.5. The van der Waals surface area contributed by atoms with Crippen molar-refractivity contribution >= 4 is 29.1 Å². The summed E-state index contributed by atoms with van der Waals surface area (Å²) in [6.45, 7) is 2.84. The van der Waals surface area contributed by atoms with Gasteiger partial charge in [-0.05, 0) is 24.6 Å². The zero-order valence-electron chi connectivity index (χ0n) is 9.46. The van der Waals surface area contributed by atoms with Crippen LogP contribution in [-0.2, 0) is 0 Å². The molecule has 0 atom stereocenters. The van der Waals surface area contributed by atoms with Crippen LogP contribution < -0.4 is 0 Å². The molecule has 0 heterocycles. The fraction of sp³-hybridized carbons (Fsp3) is 0.417. The molecule has 0 aliphatic heterocycles. The van der Waals surface area contributed by atoms with Crippen LogP contribution in [0.15, 0.2) is 18.2 Å². The summed E-state index contributed by atoms with van der Waals surface area (Å²) in [6, 6.07) is 4.89. The van der Waals surface area contributed by atoms with Gasteiger partial charge in [0.1, 0.15) is 0 Å². The molecule has 4 heteroatoms. The second kappa shape index (κ2) is 6.12. The lowest BCUT2D eigenvalue weighted by Gasteiger charge is -2.16. The topological polar surface area (TPSA) is 20.3 Å². The van der Waals surface area contributed by atoms with Crippen LogP contribution in [0.3, 0.4) is 0 Å². The SMILES string of the molecule is CCCCN(C)C(=O)c1cc(Cl)cc(Cl)c1. The largest absolute Gasteiger partial charge is 0.342 e. The van der Waals surface area contributed by atoms with Crippen LogP contribution in [0.5, 0.6) is 0 Å². The molecular weight excluding hydrogens is 245 g/mol. The Hall–Kier alpha value is -0.730. The average molecular weight is 260 g/mol. The maximum atomic E-state index is 12.0. The second-order valence-electron chi connectivity index (χ2n) is 3.74. The minimum atomic E-state index is -0.0437. The van der Waals surface area contributed by atoms with Crippen molar-refractivity contribution in [3.05, 3.63) is 33.8 Å². The smallest absolute Gasteiger partial charge is 0.253 e. The Morgan fingerprint density at radius 1 is 1.25 bits per heavy atom. The summed E-state index contributed by atoms with van der Waals surface area (Å²) in [7, 11) is 1.78. The van der Waals surface area contributed by atoms with Gasteiger partial charge in [0.25, 0.3) is 5.91 Å². The molecule has 0 bridgehead atoms. The van der Waals surface area contributed by atoms with Crippen LogP contribution in [0.1, 0.15) is 30.1 Å². The zero-order valence-corrected chi connectivity index (χ0v) is 11.0. The van der Waals surface area contributed by atoms with E-state index in [0.29, 0.717) is 15.6 Å². The van der Waals surface area contributed by atoms with Gasteiger partial charge in [-0.3, -0.25) is 4.79 Å². The molecule has 2 nitrogen and oxygen atoms in total. The van der Waals surface area contributed by atoms with E-state index in [2.05, 4.69) is 6.92 Å². The van der Waals surface area contributed by atoms with E-state index in [1.165, 1.54) is 0 Å². The summed E-state index contributed by atoms with van der Waals surface area (Å²) >= 11 is 11.7. The zero-order chi connectivity index (χ0) is 12.1. The van der Waals surface area contributed by atoms with Crippen LogP contribution in [0.2, 0.25) is 10.0 Å². The molecule has 0 fully saturated rings. The van der Waals surface area contributed by atoms with Gasteiger partial charge in [-0.15, -0.1) is 0 Å². The van der Waals surface area contributed by atoms with Gasteiger partial charge in [0, 0.05) is 29.2 Å². The lowest BCUT2D eigenvalue weighted by Crippen LogP contribution is -2.27. The third kappa shape index (κ3) is 3.69. The van der Waals surface area contributed by atoms with E-state index in [1.54, 1.807) is 30.1 Å². The van der Waals surface area contributed by atoms with E-state index in [1.807, 2.05) is 0 Å². The highest BCUT2D eigenvalue weighted by Crippen LogP contribution is 2.20. The molecule has 0 saturated carbocycles. The summed E-state index contributed by atoms with van der Waals surface area (Å²) in [5, 5.41) is 0.972. The van der Waals surface area contributed by atoms with Crippen molar-refractivity contribution < 1.29 is 4.79 Å². The number of carbonyl (C=O) groups excluding carboxylic acids is 1. The molecule has 0 radical (unpaired) electrons. The van der Waals surface area contributed by atoms with E-state index in [9.17, 15) is 4.79 Å². The number of halogens is 2. The molecule has 1 rings (SSSR count). The van der Waals surface area contributed by atoms with Crippen LogP contribution in [0.25, 0.3) is 0 Å². The molecule has 1 aromatic rings. The number of hydrogen-bond donors (Lipinski definition) is 0. The first-order valence-electron chi connectivity index (χ1n) is 5.26. The van der Waals surface area contributed by atoms with Crippen LogP contribution >= 0.6 is 23.2 Å². The first-order chi connectivity index (χ1) is 7.54. The third-order valence-corrected chi connectivity index (χ3v) is 2.74. The van der Waals surface area contributed by atoms with Gasteiger partial charge in [-0.25, -0.2) is 0 Å². The number of carbonyl (C=O) groups is 1. The van der Waals surface area contributed by atoms with Crippen molar-refractivity contribution in [3.8, 4) is 0 Å². The Bertz CT molecular complexity index is 359. The molecule has 0 aromatic heterocycles. The lowest BCUT2D eigenvalue weighted by molar-refractivity contribution is 0.0793. The molecule has 0 aliphatic carbocycles. The molecule has 1 amide bonds. The van der Waals surface area contributed by atoms with E-state index in [0.717, 1.165) is 19.4 Å². The summed E-state index contributed by atoms with van der Waals surface area (Å²) in [6.07, 6.45) is 2.06. The van der Waals surface area contributed by atoms with E-state index >= 15 is 0 Å². The molecule has 0 aliphatic rings. The highest BCUT2D eigenvalue weighted by molar-refractivity contribution is 6.35. The molecular formula is C12H15Cl2NO. The molecule has 16 heavy (non-hydrogen) atoms. The molecule has 1 aromatic carbocycles. The first-order valence-corrected chi connectivity index (χ1v) is 6.01. The van der Waals surface area contributed by atoms with Gasteiger partial charge in [-0.1, -0.05) is 36.5 Å². The van der Waals surface area contributed by atoms with Crippen molar-refractivity contribution in [2.45, 2.75) is 19.8 Å². The average Bonchev–Trinajstić information content (AvgIpc) is 2.23. The molecule has 88 valence electrons. The van der Waals surface area contributed by atoms with Gasteiger partial charge in [-0.2, -0.15) is 0 Å². The van der Waals surface area contributed by atoms with Gasteiger partial charge >= 0.3 is 0 Å². The third-order valence-electron chi connectivity index (χ3n) is 2.30. The Labute approximate surface area is 106 Å². The Kier molecular flexibility index (Phi) is 5.10. The van der Waals surface area contributed by atoms with Crippen molar-refractivity contribution in [2.24, 2.45) is 0 Å². The number of nitrogens with zero attached hydrogens (tertiary/aromatic N) is 1.